The van der Waals surface area contributed by atoms with Crippen LogP contribution in [0.25, 0.3) is 11.3 Å². The van der Waals surface area contributed by atoms with Crippen molar-refractivity contribution in [1.29, 1.82) is 0 Å². The van der Waals surface area contributed by atoms with Crippen LogP contribution in [0.2, 0.25) is 0 Å². The van der Waals surface area contributed by atoms with E-state index in [0.29, 0.717) is 17.6 Å². The van der Waals surface area contributed by atoms with Crippen LogP contribution in [0, 0.1) is 0 Å². The first kappa shape index (κ1) is 17.0. The van der Waals surface area contributed by atoms with E-state index in [9.17, 15) is 4.79 Å². The molecule has 4 heterocycles. The molecule has 0 unspecified atom stereocenters. The highest BCUT2D eigenvalue weighted by molar-refractivity contribution is 5.59. The largest absolute Gasteiger partial charge is 0.384 e. The van der Waals surface area contributed by atoms with Gasteiger partial charge < -0.3 is 10.2 Å². The van der Waals surface area contributed by atoms with Gasteiger partial charge in [-0.3, -0.25) is 14.8 Å². The Morgan fingerprint density at radius 1 is 1.04 bits per heavy atom. The number of H-pyrrole nitrogens is 1. The number of nitrogens with zero attached hydrogens (tertiary/aromatic N) is 3. The second kappa shape index (κ2) is 7.11. The van der Waals surface area contributed by atoms with Gasteiger partial charge >= 0.3 is 0 Å². The number of piperidine rings is 1. The van der Waals surface area contributed by atoms with E-state index in [-0.39, 0.29) is 5.56 Å². The fourth-order valence-electron chi connectivity index (χ4n) is 4.27. The Labute approximate surface area is 163 Å². The summed E-state index contributed by atoms with van der Waals surface area (Å²) in [6.07, 6.45) is 6.69. The van der Waals surface area contributed by atoms with Crippen molar-refractivity contribution in [3.8, 4) is 11.3 Å². The lowest BCUT2D eigenvalue weighted by Crippen LogP contribution is -2.35. The Morgan fingerprint density at radius 3 is 2.68 bits per heavy atom. The zero-order valence-corrected chi connectivity index (χ0v) is 15.7. The number of fused-ring (bicyclic) bond motifs is 1. The zero-order valence-electron chi connectivity index (χ0n) is 15.7. The number of aromatic nitrogens is 3. The molecular weight excluding hydrogens is 350 g/mol. The van der Waals surface area contributed by atoms with Crippen LogP contribution in [-0.2, 0) is 6.42 Å². The van der Waals surface area contributed by atoms with Gasteiger partial charge in [0.25, 0.3) is 5.56 Å². The van der Waals surface area contributed by atoms with Gasteiger partial charge in [0.1, 0.15) is 0 Å². The van der Waals surface area contributed by atoms with E-state index in [0.717, 1.165) is 44.5 Å². The molecule has 0 atom stereocenters. The summed E-state index contributed by atoms with van der Waals surface area (Å²) in [6.45, 7) is 2.83. The molecule has 6 heteroatoms. The molecule has 3 aromatic rings. The molecule has 0 aliphatic carbocycles. The zero-order chi connectivity index (χ0) is 18.9. The molecule has 5 rings (SSSR count). The molecule has 2 aliphatic rings. The third kappa shape index (κ3) is 3.26. The third-order valence-electron chi connectivity index (χ3n) is 5.81. The quantitative estimate of drug-likeness (QED) is 0.738. The molecule has 1 aromatic carbocycles. The molecule has 0 spiro atoms. The lowest BCUT2D eigenvalue weighted by Gasteiger charge is -2.32. The summed E-state index contributed by atoms with van der Waals surface area (Å²) >= 11 is 0. The van der Waals surface area contributed by atoms with Crippen molar-refractivity contribution in [2.75, 3.05) is 29.9 Å². The van der Waals surface area contributed by atoms with Crippen molar-refractivity contribution in [3.05, 3.63) is 70.3 Å². The molecule has 0 bridgehead atoms. The Kier molecular flexibility index (Phi) is 4.31. The van der Waals surface area contributed by atoms with Gasteiger partial charge in [0.2, 0.25) is 5.95 Å². The lowest BCUT2D eigenvalue weighted by molar-refractivity contribution is 0.499. The predicted molar refractivity (Wildman–Crippen MR) is 111 cm³/mol. The highest BCUT2D eigenvalue weighted by atomic mass is 16.1. The van der Waals surface area contributed by atoms with Gasteiger partial charge in [0.05, 0.1) is 5.69 Å². The first-order chi connectivity index (χ1) is 13.8. The van der Waals surface area contributed by atoms with E-state index < -0.39 is 0 Å². The Morgan fingerprint density at radius 2 is 1.86 bits per heavy atom. The van der Waals surface area contributed by atoms with Gasteiger partial charge in [-0.05, 0) is 54.5 Å². The predicted octanol–water partition coefficient (Wildman–Crippen LogP) is 3.18. The number of nitrogens with one attached hydrogen (secondary N) is 2. The molecule has 1 saturated heterocycles. The van der Waals surface area contributed by atoms with Gasteiger partial charge in [0.15, 0.2) is 0 Å². The number of pyridine rings is 1. The number of benzene rings is 1. The first-order valence-electron chi connectivity index (χ1n) is 9.90. The molecule has 6 nitrogen and oxygen atoms in total. The van der Waals surface area contributed by atoms with E-state index in [2.05, 4.69) is 38.4 Å². The Balaban J connectivity index is 1.33. The summed E-state index contributed by atoms with van der Waals surface area (Å²) in [5.41, 5.74) is 5.64. The summed E-state index contributed by atoms with van der Waals surface area (Å²) in [4.78, 5) is 26.0. The van der Waals surface area contributed by atoms with E-state index in [1.165, 1.54) is 16.8 Å². The number of aromatic amines is 1. The van der Waals surface area contributed by atoms with E-state index in [1.807, 2.05) is 12.1 Å². The van der Waals surface area contributed by atoms with Crippen LogP contribution in [0.3, 0.4) is 0 Å². The van der Waals surface area contributed by atoms with Crippen molar-refractivity contribution in [2.24, 2.45) is 0 Å². The number of hydrogen-bond acceptors (Lipinski definition) is 5. The monoisotopic (exact) mass is 373 g/mol. The first-order valence-corrected chi connectivity index (χ1v) is 9.90. The lowest BCUT2D eigenvalue weighted by atomic mass is 9.88. The van der Waals surface area contributed by atoms with Crippen molar-refractivity contribution >= 4 is 11.6 Å². The van der Waals surface area contributed by atoms with Gasteiger partial charge in [-0.2, -0.15) is 0 Å². The molecule has 2 aromatic heterocycles. The summed E-state index contributed by atoms with van der Waals surface area (Å²) in [7, 11) is 0. The number of rotatable bonds is 3. The molecule has 28 heavy (non-hydrogen) atoms. The maximum absolute atomic E-state index is 12.2. The summed E-state index contributed by atoms with van der Waals surface area (Å²) in [5, 5.41) is 3.43. The van der Waals surface area contributed by atoms with E-state index >= 15 is 0 Å². The number of anilines is 2. The molecule has 0 amide bonds. The van der Waals surface area contributed by atoms with Crippen molar-refractivity contribution in [3.63, 3.8) is 0 Å². The molecule has 2 aliphatic heterocycles. The highest BCUT2D eigenvalue weighted by Gasteiger charge is 2.23. The van der Waals surface area contributed by atoms with Gasteiger partial charge in [-0.1, -0.05) is 12.1 Å². The summed E-state index contributed by atoms with van der Waals surface area (Å²) in [5.74, 6) is 1.23. The summed E-state index contributed by atoms with van der Waals surface area (Å²) < 4.78 is 0. The van der Waals surface area contributed by atoms with E-state index in [4.69, 9.17) is 4.98 Å². The standard InChI is InChI=1S/C22H23N5O/c28-21-14-20(16-3-8-23-9-4-16)25-22(26-21)27-11-6-15(7-12-27)17-1-2-19-18(13-17)5-10-24-19/h1-4,8-9,13-15,24H,5-7,10-12H2,(H,25,26,28). The minimum atomic E-state index is -0.120. The fraction of sp³-hybridized carbons (Fsp3) is 0.318. The van der Waals surface area contributed by atoms with Gasteiger partial charge in [-0.25, -0.2) is 4.98 Å². The third-order valence-corrected chi connectivity index (χ3v) is 5.81. The topological polar surface area (TPSA) is 73.9 Å². The Bertz CT molecular complexity index is 1040. The van der Waals surface area contributed by atoms with E-state index in [1.54, 1.807) is 18.5 Å². The molecule has 0 radical (unpaired) electrons. The maximum atomic E-state index is 12.2. The van der Waals surface area contributed by atoms with Crippen molar-refractivity contribution in [1.82, 2.24) is 15.0 Å². The molecule has 142 valence electrons. The van der Waals surface area contributed by atoms with Gasteiger partial charge in [0, 0.05) is 49.3 Å². The van der Waals surface area contributed by atoms with Crippen molar-refractivity contribution in [2.45, 2.75) is 25.2 Å². The SMILES string of the molecule is O=c1cc(-c2ccncc2)nc(N2CCC(c3ccc4c(c3)CCN4)CC2)[nH]1. The molecule has 0 saturated carbocycles. The summed E-state index contributed by atoms with van der Waals surface area (Å²) in [6, 6.07) is 12.2. The van der Waals surface area contributed by atoms with Crippen LogP contribution in [-0.4, -0.2) is 34.6 Å². The van der Waals surface area contributed by atoms with Crippen LogP contribution in [0.1, 0.15) is 29.9 Å². The minimum absolute atomic E-state index is 0.120. The van der Waals surface area contributed by atoms with Crippen LogP contribution in [0.5, 0.6) is 0 Å². The highest BCUT2D eigenvalue weighted by Crippen LogP contribution is 2.33. The fourth-order valence-corrected chi connectivity index (χ4v) is 4.27. The van der Waals surface area contributed by atoms with Crippen LogP contribution < -0.4 is 15.8 Å². The van der Waals surface area contributed by atoms with Crippen LogP contribution in [0.4, 0.5) is 11.6 Å². The Hall–Kier alpha value is -3.15. The molecule has 2 N–H and O–H groups in total. The van der Waals surface area contributed by atoms with Crippen molar-refractivity contribution < 1.29 is 0 Å². The second-order valence-corrected chi connectivity index (χ2v) is 7.54. The minimum Gasteiger partial charge on any atom is -0.384 e. The average molecular weight is 373 g/mol. The second-order valence-electron chi connectivity index (χ2n) is 7.54. The normalized spacial score (nSPS) is 16.6. The van der Waals surface area contributed by atoms with Crippen LogP contribution >= 0.6 is 0 Å². The number of hydrogen-bond donors (Lipinski definition) is 2. The van der Waals surface area contributed by atoms with Gasteiger partial charge in [-0.15, -0.1) is 0 Å². The average Bonchev–Trinajstić information content (AvgIpc) is 3.22. The maximum Gasteiger partial charge on any atom is 0.252 e. The van der Waals surface area contributed by atoms with Crippen LogP contribution in [0.15, 0.2) is 53.6 Å². The smallest absolute Gasteiger partial charge is 0.252 e. The molecule has 1 fully saturated rings. The molecular formula is C22H23N5O.